The first-order valence-corrected chi connectivity index (χ1v) is 12.5. The highest BCUT2D eigenvalue weighted by atomic mass is 16.5. The van der Waals surface area contributed by atoms with E-state index in [0.29, 0.717) is 17.9 Å². The second kappa shape index (κ2) is 9.02. The predicted molar refractivity (Wildman–Crippen MR) is 128 cm³/mol. The highest BCUT2D eigenvalue weighted by Crippen LogP contribution is 2.53. The first-order valence-electron chi connectivity index (χ1n) is 12.5. The number of ketones is 2. The summed E-state index contributed by atoms with van der Waals surface area (Å²) in [5, 5.41) is 43.9. The molecular weight excluding hydrogens is 482 g/mol. The van der Waals surface area contributed by atoms with Crippen molar-refractivity contribution in [1.29, 1.82) is 0 Å². The molecule has 4 aliphatic carbocycles. The first-order chi connectivity index (χ1) is 17.6. The van der Waals surface area contributed by atoms with Crippen LogP contribution in [0.5, 0.6) is 5.75 Å². The fourth-order valence-corrected chi connectivity index (χ4v) is 6.55. The van der Waals surface area contributed by atoms with Crippen molar-refractivity contribution in [3.63, 3.8) is 0 Å². The monoisotopic (exact) mass is 511 g/mol. The van der Waals surface area contributed by atoms with E-state index in [9.17, 15) is 39.6 Å². The third kappa shape index (κ3) is 3.81. The van der Waals surface area contributed by atoms with Crippen molar-refractivity contribution in [2.75, 3.05) is 0 Å². The Morgan fingerprint density at radius 3 is 2.46 bits per heavy atom. The number of rotatable bonds is 5. The maximum absolute atomic E-state index is 13.7. The summed E-state index contributed by atoms with van der Waals surface area (Å²) in [4.78, 5) is 51.4. The Hall–Kier alpha value is -3.66. The lowest BCUT2D eigenvalue weighted by Gasteiger charge is -2.49. The largest absolute Gasteiger partial charge is 0.508 e. The Balaban J connectivity index is 1.60. The van der Waals surface area contributed by atoms with Crippen molar-refractivity contribution in [3.8, 4) is 5.75 Å². The number of phenols is 1. The lowest BCUT2D eigenvalue weighted by Crippen LogP contribution is -2.64. The van der Waals surface area contributed by atoms with Crippen LogP contribution in [0.4, 0.5) is 0 Å². The molecule has 6 N–H and O–H groups in total. The van der Waals surface area contributed by atoms with E-state index in [1.165, 1.54) is 6.07 Å². The SMILES string of the molecule is NC(=O)C1=C(O)[C@@]2(O)C(=O)C3=C(O)c4c(O)cccc4C[C@H]3[C@H](OC(=O)CCC3CCCC3)[C@H]2CC1=O. The number of primary amides is 1. The van der Waals surface area contributed by atoms with Gasteiger partial charge in [-0.05, 0) is 30.4 Å². The van der Waals surface area contributed by atoms with Gasteiger partial charge < -0.3 is 30.9 Å². The van der Waals surface area contributed by atoms with Gasteiger partial charge in [0, 0.05) is 30.3 Å². The number of aromatic hydroxyl groups is 1. The quantitative estimate of drug-likeness (QED) is 0.291. The molecule has 0 spiro atoms. The fourth-order valence-electron chi connectivity index (χ4n) is 6.55. The average Bonchev–Trinajstić information content (AvgIpc) is 3.36. The number of carbonyl (C=O) groups is 4. The number of amides is 1. The zero-order valence-corrected chi connectivity index (χ0v) is 20.1. The van der Waals surface area contributed by atoms with Crippen molar-refractivity contribution >= 4 is 29.2 Å². The van der Waals surface area contributed by atoms with Gasteiger partial charge in [-0.25, -0.2) is 0 Å². The summed E-state index contributed by atoms with van der Waals surface area (Å²) in [7, 11) is 0. The zero-order chi connectivity index (χ0) is 26.6. The molecule has 1 amide bonds. The Kier molecular flexibility index (Phi) is 6.10. The minimum absolute atomic E-state index is 0.0130. The average molecular weight is 512 g/mol. The van der Waals surface area contributed by atoms with Gasteiger partial charge in [0.2, 0.25) is 5.78 Å². The third-order valence-corrected chi connectivity index (χ3v) is 8.38. The van der Waals surface area contributed by atoms with Gasteiger partial charge in [-0.2, -0.15) is 0 Å². The number of phenolic OH excluding ortho intramolecular Hbond substituents is 1. The molecule has 1 aromatic rings. The van der Waals surface area contributed by atoms with Crippen molar-refractivity contribution < 1.29 is 44.3 Å². The van der Waals surface area contributed by atoms with Crippen LogP contribution >= 0.6 is 0 Å². The van der Waals surface area contributed by atoms with E-state index in [0.717, 1.165) is 25.7 Å². The summed E-state index contributed by atoms with van der Waals surface area (Å²) in [5.74, 6) is -8.05. The molecule has 196 valence electrons. The van der Waals surface area contributed by atoms with Crippen LogP contribution in [-0.2, 0) is 30.3 Å². The molecule has 4 atom stereocenters. The van der Waals surface area contributed by atoms with Gasteiger partial charge in [0.05, 0.1) is 5.56 Å². The van der Waals surface area contributed by atoms with E-state index in [1.807, 2.05) is 0 Å². The normalized spacial score (nSPS) is 29.6. The van der Waals surface area contributed by atoms with Crippen molar-refractivity contribution in [2.45, 2.75) is 63.1 Å². The zero-order valence-electron chi connectivity index (χ0n) is 20.1. The molecule has 0 aromatic heterocycles. The molecule has 0 bridgehead atoms. The Morgan fingerprint density at radius 1 is 1.08 bits per heavy atom. The summed E-state index contributed by atoms with van der Waals surface area (Å²) < 4.78 is 5.83. The van der Waals surface area contributed by atoms with Crippen LogP contribution in [-0.4, -0.2) is 55.6 Å². The summed E-state index contributed by atoms with van der Waals surface area (Å²) >= 11 is 0. The summed E-state index contributed by atoms with van der Waals surface area (Å²) in [6, 6.07) is 4.53. The second-order valence-electron chi connectivity index (χ2n) is 10.4. The number of carbonyl (C=O) groups excluding carboxylic acids is 4. The molecule has 0 heterocycles. The molecule has 0 unspecified atom stereocenters. The Bertz CT molecular complexity index is 1270. The Morgan fingerprint density at radius 2 is 1.78 bits per heavy atom. The van der Waals surface area contributed by atoms with E-state index in [4.69, 9.17) is 10.5 Å². The topological polar surface area (TPSA) is 184 Å². The van der Waals surface area contributed by atoms with E-state index in [-0.39, 0.29) is 29.7 Å². The molecule has 0 radical (unpaired) electrons. The fraction of sp³-hybridized carbons (Fsp3) is 0.481. The number of esters is 1. The number of aliphatic hydroxyl groups excluding tert-OH is 2. The van der Waals surface area contributed by atoms with Gasteiger partial charge in [0.15, 0.2) is 11.4 Å². The predicted octanol–water partition coefficient (Wildman–Crippen LogP) is 1.92. The first kappa shape index (κ1) is 25.0. The number of hydrogen-bond donors (Lipinski definition) is 5. The van der Waals surface area contributed by atoms with Crippen LogP contribution in [0, 0.1) is 17.8 Å². The van der Waals surface area contributed by atoms with Crippen LogP contribution in [0.3, 0.4) is 0 Å². The molecule has 2 fully saturated rings. The van der Waals surface area contributed by atoms with Crippen LogP contribution < -0.4 is 5.73 Å². The number of Topliss-reactive ketones (excluding diaryl/α,β-unsaturated/α-hetero) is 2. The maximum Gasteiger partial charge on any atom is 0.306 e. The summed E-state index contributed by atoms with van der Waals surface area (Å²) in [6.45, 7) is 0. The van der Waals surface area contributed by atoms with Gasteiger partial charge in [-0.3, -0.25) is 19.2 Å². The minimum atomic E-state index is -2.84. The standard InChI is InChI=1S/C27H29NO9/c28-26(35)21-17(30)11-15-23(37-18(31)9-8-12-4-1-2-5-12)14-10-13-6-3-7-16(29)19(13)22(32)20(14)24(33)27(15,36)25(21)34/h3,6-7,12,14-15,23,29,32,34,36H,1-2,4-5,8-11H2,(H2,28,35)/t14-,15-,23+,27+/m1/s1. The van der Waals surface area contributed by atoms with E-state index in [1.54, 1.807) is 12.1 Å². The molecule has 0 aliphatic heterocycles. The molecule has 4 aliphatic rings. The molecule has 5 rings (SSSR count). The molecule has 1 aromatic carbocycles. The Labute approximate surface area is 212 Å². The number of fused-ring (bicyclic) bond motifs is 3. The molecule has 10 nitrogen and oxygen atoms in total. The van der Waals surface area contributed by atoms with Gasteiger partial charge in [0.1, 0.15) is 28.9 Å². The summed E-state index contributed by atoms with van der Waals surface area (Å²) in [5.41, 5.74) is 1.62. The smallest absolute Gasteiger partial charge is 0.306 e. The summed E-state index contributed by atoms with van der Waals surface area (Å²) in [6.07, 6.45) is 3.18. The van der Waals surface area contributed by atoms with Crippen LogP contribution in [0.1, 0.15) is 56.1 Å². The highest BCUT2D eigenvalue weighted by molar-refractivity contribution is 6.23. The van der Waals surface area contributed by atoms with Crippen LogP contribution in [0.2, 0.25) is 0 Å². The molecule has 37 heavy (non-hydrogen) atoms. The number of ether oxygens (including phenoxy) is 1. The van der Waals surface area contributed by atoms with Crippen molar-refractivity contribution in [2.24, 2.45) is 23.5 Å². The van der Waals surface area contributed by atoms with Crippen LogP contribution in [0.25, 0.3) is 5.76 Å². The van der Waals surface area contributed by atoms with Gasteiger partial charge in [-0.1, -0.05) is 37.8 Å². The second-order valence-corrected chi connectivity index (χ2v) is 10.4. The lowest BCUT2D eigenvalue weighted by atomic mass is 9.57. The third-order valence-electron chi connectivity index (χ3n) is 8.38. The van der Waals surface area contributed by atoms with Crippen molar-refractivity contribution in [3.05, 3.63) is 46.2 Å². The van der Waals surface area contributed by atoms with Gasteiger partial charge in [-0.15, -0.1) is 0 Å². The molecular formula is C27H29NO9. The number of benzene rings is 1. The highest BCUT2D eigenvalue weighted by Gasteiger charge is 2.65. The number of hydrogen-bond acceptors (Lipinski definition) is 9. The molecule has 10 heteroatoms. The van der Waals surface area contributed by atoms with Crippen LogP contribution in [0.15, 0.2) is 35.1 Å². The molecule has 2 saturated carbocycles. The van der Waals surface area contributed by atoms with E-state index >= 15 is 0 Å². The van der Waals surface area contributed by atoms with E-state index < -0.39 is 70.5 Å². The minimum Gasteiger partial charge on any atom is -0.508 e. The van der Waals surface area contributed by atoms with Gasteiger partial charge >= 0.3 is 5.97 Å². The van der Waals surface area contributed by atoms with Gasteiger partial charge in [0.25, 0.3) is 5.91 Å². The van der Waals surface area contributed by atoms with E-state index in [2.05, 4.69) is 0 Å². The van der Waals surface area contributed by atoms with Crippen molar-refractivity contribution in [1.82, 2.24) is 0 Å². The molecule has 0 saturated heterocycles. The number of nitrogens with two attached hydrogens (primary N) is 1. The lowest BCUT2D eigenvalue weighted by molar-refractivity contribution is -0.177. The maximum atomic E-state index is 13.7. The number of aliphatic hydroxyl groups is 3.